The van der Waals surface area contributed by atoms with Gasteiger partial charge in [0.05, 0.1) is 17.8 Å². The van der Waals surface area contributed by atoms with Gasteiger partial charge in [-0.3, -0.25) is 9.69 Å². The molecule has 1 aliphatic heterocycles. The Labute approximate surface area is 120 Å². The first-order valence-corrected chi connectivity index (χ1v) is 7.16. The summed E-state index contributed by atoms with van der Waals surface area (Å²) < 4.78 is 0. The molecule has 0 bridgehead atoms. The molecule has 20 heavy (non-hydrogen) atoms. The molecule has 1 aromatic rings. The molecule has 1 aliphatic rings. The van der Waals surface area contributed by atoms with E-state index >= 15 is 0 Å². The second-order valence-electron chi connectivity index (χ2n) is 5.51. The number of rotatable bonds is 3. The van der Waals surface area contributed by atoms with E-state index in [1.165, 1.54) is 6.42 Å². The Morgan fingerprint density at radius 3 is 2.65 bits per heavy atom. The predicted molar refractivity (Wildman–Crippen MR) is 79.3 cm³/mol. The van der Waals surface area contributed by atoms with Crippen LogP contribution in [-0.2, 0) is 4.79 Å². The van der Waals surface area contributed by atoms with Gasteiger partial charge in [-0.15, -0.1) is 0 Å². The van der Waals surface area contributed by atoms with Gasteiger partial charge in [0.2, 0.25) is 5.91 Å². The summed E-state index contributed by atoms with van der Waals surface area (Å²) >= 11 is 0. The highest BCUT2D eigenvalue weighted by Crippen LogP contribution is 2.22. The average molecular weight is 271 g/mol. The molecule has 106 valence electrons. The highest BCUT2D eigenvalue weighted by atomic mass is 16.2. The van der Waals surface area contributed by atoms with Gasteiger partial charge in [0, 0.05) is 12.1 Å². The smallest absolute Gasteiger partial charge is 0.238 e. The summed E-state index contributed by atoms with van der Waals surface area (Å²) in [5.74, 6) is -0.0479. The number of para-hydroxylation sites is 1. The first-order chi connectivity index (χ1) is 9.61. The summed E-state index contributed by atoms with van der Waals surface area (Å²) in [5.41, 5.74) is 1.10. The second kappa shape index (κ2) is 6.53. The molecule has 1 fully saturated rings. The van der Waals surface area contributed by atoms with E-state index in [4.69, 9.17) is 5.26 Å². The van der Waals surface area contributed by atoms with E-state index in [2.05, 4.69) is 30.1 Å². The van der Waals surface area contributed by atoms with Gasteiger partial charge >= 0.3 is 0 Å². The fourth-order valence-corrected chi connectivity index (χ4v) is 2.83. The number of hydrogen-bond donors (Lipinski definition) is 1. The lowest BCUT2D eigenvalue weighted by Crippen LogP contribution is -2.47. The largest absolute Gasteiger partial charge is 0.324 e. The van der Waals surface area contributed by atoms with Gasteiger partial charge in [-0.25, -0.2) is 0 Å². The molecular formula is C16H21N3O. The van der Waals surface area contributed by atoms with Crippen LogP contribution in [0.15, 0.2) is 24.3 Å². The van der Waals surface area contributed by atoms with Crippen molar-refractivity contribution in [2.75, 3.05) is 11.9 Å². The minimum atomic E-state index is -0.0479. The minimum Gasteiger partial charge on any atom is -0.324 e. The molecule has 0 aromatic heterocycles. The second-order valence-corrected chi connectivity index (χ2v) is 5.51. The van der Waals surface area contributed by atoms with E-state index in [0.717, 1.165) is 12.8 Å². The minimum absolute atomic E-state index is 0.0479. The molecule has 0 aliphatic carbocycles. The fourth-order valence-electron chi connectivity index (χ4n) is 2.83. The number of carbonyl (C=O) groups is 1. The lowest BCUT2D eigenvalue weighted by molar-refractivity contribution is -0.118. The summed E-state index contributed by atoms with van der Waals surface area (Å²) in [6.45, 7) is 4.74. The van der Waals surface area contributed by atoms with Crippen molar-refractivity contribution >= 4 is 11.6 Å². The van der Waals surface area contributed by atoms with Crippen LogP contribution in [0.2, 0.25) is 0 Å². The Balaban J connectivity index is 2.00. The lowest BCUT2D eigenvalue weighted by atomic mass is 9.97. The van der Waals surface area contributed by atoms with E-state index in [9.17, 15) is 4.79 Å². The molecular weight excluding hydrogens is 250 g/mol. The molecule has 0 unspecified atom stereocenters. The van der Waals surface area contributed by atoms with Gasteiger partial charge in [-0.05, 0) is 38.8 Å². The van der Waals surface area contributed by atoms with Gasteiger partial charge in [0.1, 0.15) is 6.07 Å². The molecule has 0 radical (unpaired) electrons. The van der Waals surface area contributed by atoms with Crippen LogP contribution in [0, 0.1) is 11.3 Å². The third-order valence-corrected chi connectivity index (χ3v) is 4.02. The summed E-state index contributed by atoms with van der Waals surface area (Å²) in [6, 6.07) is 10.1. The quantitative estimate of drug-likeness (QED) is 0.919. The number of anilines is 1. The van der Waals surface area contributed by atoms with Gasteiger partial charge < -0.3 is 5.32 Å². The van der Waals surface area contributed by atoms with Crippen LogP contribution >= 0.6 is 0 Å². The number of nitrogens with one attached hydrogen (secondary N) is 1. The summed E-state index contributed by atoms with van der Waals surface area (Å²) in [4.78, 5) is 14.4. The Hall–Kier alpha value is -1.86. The Morgan fingerprint density at radius 1 is 1.35 bits per heavy atom. The van der Waals surface area contributed by atoms with Crippen LogP contribution in [0.3, 0.4) is 0 Å². The van der Waals surface area contributed by atoms with Crippen LogP contribution in [-0.4, -0.2) is 29.4 Å². The van der Waals surface area contributed by atoms with Crippen molar-refractivity contribution in [3.8, 4) is 6.07 Å². The van der Waals surface area contributed by atoms with Crippen molar-refractivity contribution in [3.63, 3.8) is 0 Å². The third kappa shape index (κ3) is 3.37. The number of piperidine rings is 1. The zero-order valence-electron chi connectivity index (χ0n) is 12.1. The maximum Gasteiger partial charge on any atom is 0.238 e. The summed E-state index contributed by atoms with van der Waals surface area (Å²) in [7, 11) is 0. The Morgan fingerprint density at radius 2 is 2.00 bits per heavy atom. The SMILES string of the molecule is C[C@@H]1CCC[C@H](C)N1CC(=O)Nc1ccccc1C#N. The Bertz CT molecular complexity index is 511. The van der Waals surface area contributed by atoms with Crippen molar-refractivity contribution in [2.24, 2.45) is 0 Å². The number of nitriles is 1. The van der Waals surface area contributed by atoms with Crippen molar-refractivity contribution in [3.05, 3.63) is 29.8 Å². The molecule has 2 atom stereocenters. The van der Waals surface area contributed by atoms with E-state index < -0.39 is 0 Å². The third-order valence-electron chi connectivity index (χ3n) is 4.02. The standard InChI is InChI=1S/C16H21N3O/c1-12-6-5-7-13(2)19(12)11-16(20)18-15-9-4-3-8-14(15)10-17/h3-4,8-9,12-13H,5-7,11H2,1-2H3,(H,18,20)/t12-,13+. The number of nitrogens with zero attached hydrogens (tertiary/aromatic N) is 2. The van der Waals surface area contributed by atoms with Crippen LogP contribution < -0.4 is 5.32 Å². The average Bonchev–Trinajstić information content (AvgIpc) is 2.44. The van der Waals surface area contributed by atoms with Crippen molar-refractivity contribution in [1.82, 2.24) is 4.90 Å². The number of amides is 1. The highest BCUT2D eigenvalue weighted by molar-refractivity contribution is 5.93. The number of likely N-dealkylation sites (tertiary alicyclic amines) is 1. The van der Waals surface area contributed by atoms with E-state index in [0.29, 0.717) is 29.9 Å². The maximum atomic E-state index is 12.2. The topological polar surface area (TPSA) is 56.1 Å². The molecule has 0 saturated carbocycles. The number of hydrogen-bond acceptors (Lipinski definition) is 3. The van der Waals surface area contributed by atoms with Crippen LogP contribution in [0.25, 0.3) is 0 Å². The zero-order valence-corrected chi connectivity index (χ0v) is 12.1. The molecule has 1 amide bonds. The van der Waals surface area contributed by atoms with Crippen LogP contribution in [0.5, 0.6) is 0 Å². The zero-order chi connectivity index (χ0) is 14.5. The van der Waals surface area contributed by atoms with Crippen molar-refractivity contribution in [1.29, 1.82) is 5.26 Å². The van der Waals surface area contributed by atoms with Crippen LogP contribution in [0.1, 0.15) is 38.7 Å². The van der Waals surface area contributed by atoms with Gasteiger partial charge in [0.25, 0.3) is 0 Å². The molecule has 0 spiro atoms. The maximum absolute atomic E-state index is 12.2. The first kappa shape index (κ1) is 14.5. The molecule has 4 nitrogen and oxygen atoms in total. The molecule has 1 heterocycles. The first-order valence-electron chi connectivity index (χ1n) is 7.16. The van der Waals surface area contributed by atoms with Gasteiger partial charge in [0.15, 0.2) is 0 Å². The normalized spacial score (nSPS) is 23.1. The van der Waals surface area contributed by atoms with Crippen molar-refractivity contribution < 1.29 is 4.79 Å². The predicted octanol–water partition coefficient (Wildman–Crippen LogP) is 2.76. The molecule has 1 saturated heterocycles. The van der Waals surface area contributed by atoms with E-state index in [1.54, 1.807) is 18.2 Å². The van der Waals surface area contributed by atoms with Gasteiger partial charge in [-0.2, -0.15) is 5.26 Å². The van der Waals surface area contributed by atoms with E-state index in [1.807, 2.05) is 6.07 Å². The summed E-state index contributed by atoms with van der Waals surface area (Å²) in [6.07, 6.45) is 3.52. The van der Waals surface area contributed by atoms with Crippen molar-refractivity contribution in [2.45, 2.75) is 45.2 Å². The molecule has 1 aromatic carbocycles. The Kier molecular flexibility index (Phi) is 4.75. The summed E-state index contributed by atoms with van der Waals surface area (Å²) in [5, 5.41) is 11.9. The highest BCUT2D eigenvalue weighted by Gasteiger charge is 2.26. The van der Waals surface area contributed by atoms with Gasteiger partial charge in [-0.1, -0.05) is 18.6 Å². The molecule has 1 N–H and O–H groups in total. The number of carbonyl (C=O) groups excluding carboxylic acids is 1. The molecule has 2 rings (SSSR count). The molecule has 4 heteroatoms. The monoisotopic (exact) mass is 271 g/mol. The number of benzene rings is 1. The fraction of sp³-hybridized carbons (Fsp3) is 0.500. The van der Waals surface area contributed by atoms with Crippen LogP contribution in [0.4, 0.5) is 5.69 Å². The lowest BCUT2D eigenvalue weighted by Gasteiger charge is -2.38. The van der Waals surface area contributed by atoms with E-state index in [-0.39, 0.29) is 5.91 Å².